The van der Waals surface area contributed by atoms with Gasteiger partial charge >= 0.3 is 6.03 Å². The van der Waals surface area contributed by atoms with Crippen LogP contribution in [0.25, 0.3) is 0 Å². The maximum absolute atomic E-state index is 12.2. The third-order valence-corrected chi connectivity index (χ3v) is 6.48. The third-order valence-electron chi connectivity index (χ3n) is 6.31. The number of amides is 2. The SMILES string of the molecule is C=CC(C1=CC(=O)C(OC)=CC1=O)c1ccc(OC)cc1.CC1CCC(NC(=O)N(CCCl)N=O)CC1. The van der Waals surface area contributed by atoms with Crippen molar-refractivity contribution in [2.45, 2.75) is 44.6 Å². The highest BCUT2D eigenvalue weighted by atomic mass is 35.5. The molecule has 1 saturated carbocycles. The smallest absolute Gasteiger partial charge is 0.340 e. The number of methoxy groups -OCH3 is 2. The summed E-state index contributed by atoms with van der Waals surface area (Å²) in [6.45, 7) is 6.13. The van der Waals surface area contributed by atoms with E-state index in [1.807, 2.05) is 12.1 Å². The molecule has 0 spiro atoms. The van der Waals surface area contributed by atoms with Crippen LogP contribution in [0.5, 0.6) is 5.75 Å². The minimum absolute atomic E-state index is 0.0568. The lowest BCUT2D eigenvalue weighted by molar-refractivity contribution is -0.117. The zero-order chi connectivity index (χ0) is 27.4. The third kappa shape index (κ3) is 8.56. The number of hydrogen-bond acceptors (Lipinski definition) is 7. The van der Waals surface area contributed by atoms with Gasteiger partial charge in [0.2, 0.25) is 5.78 Å². The molecule has 200 valence electrons. The van der Waals surface area contributed by atoms with Gasteiger partial charge in [-0.05, 0) is 55.4 Å². The van der Waals surface area contributed by atoms with Crippen molar-refractivity contribution >= 4 is 29.2 Å². The number of benzene rings is 1. The van der Waals surface area contributed by atoms with Gasteiger partial charge in [-0.3, -0.25) is 9.59 Å². The van der Waals surface area contributed by atoms with E-state index in [2.05, 4.69) is 24.1 Å². The summed E-state index contributed by atoms with van der Waals surface area (Å²) in [4.78, 5) is 46.0. The highest BCUT2D eigenvalue weighted by molar-refractivity contribution is 6.19. The number of nitrogens with one attached hydrogen (secondary N) is 1. The number of allylic oxidation sites excluding steroid dienone is 4. The second-order valence-electron chi connectivity index (χ2n) is 8.83. The Labute approximate surface area is 222 Å². The Balaban J connectivity index is 0.000000271. The van der Waals surface area contributed by atoms with Crippen LogP contribution in [0, 0.1) is 10.8 Å². The number of carbonyl (C=O) groups is 3. The van der Waals surface area contributed by atoms with Crippen LogP contribution in [0.3, 0.4) is 0 Å². The Hall–Kier alpha value is -3.46. The first-order valence-electron chi connectivity index (χ1n) is 12.1. The van der Waals surface area contributed by atoms with Crippen LogP contribution < -0.4 is 10.1 Å². The number of halogens is 1. The highest BCUT2D eigenvalue weighted by Gasteiger charge is 2.26. The van der Waals surface area contributed by atoms with Gasteiger partial charge in [-0.1, -0.05) is 25.1 Å². The second kappa shape index (κ2) is 14.9. The molecule has 0 heterocycles. The molecule has 1 aromatic rings. The Morgan fingerprint density at radius 3 is 2.30 bits per heavy atom. The lowest BCUT2D eigenvalue weighted by Gasteiger charge is -2.27. The second-order valence-corrected chi connectivity index (χ2v) is 9.21. The van der Waals surface area contributed by atoms with Gasteiger partial charge in [0, 0.05) is 29.5 Å². The molecule has 0 aliphatic heterocycles. The van der Waals surface area contributed by atoms with Gasteiger partial charge < -0.3 is 14.8 Å². The minimum atomic E-state index is -0.435. The van der Waals surface area contributed by atoms with Crippen LogP contribution in [-0.4, -0.2) is 55.3 Å². The van der Waals surface area contributed by atoms with Gasteiger partial charge in [0.05, 0.1) is 26.1 Å². The predicted molar refractivity (Wildman–Crippen MR) is 142 cm³/mol. The first-order chi connectivity index (χ1) is 17.8. The zero-order valence-electron chi connectivity index (χ0n) is 21.4. The average Bonchev–Trinajstić information content (AvgIpc) is 2.91. The average molecular weight is 532 g/mol. The lowest BCUT2D eigenvalue weighted by Crippen LogP contribution is -2.44. The Kier molecular flexibility index (Phi) is 12.0. The predicted octanol–water partition coefficient (Wildman–Crippen LogP) is 5.07. The van der Waals surface area contributed by atoms with Crippen LogP contribution in [-0.2, 0) is 14.3 Å². The van der Waals surface area contributed by atoms with Gasteiger partial charge in [0.1, 0.15) is 5.75 Å². The van der Waals surface area contributed by atoms with E-state index in [-0.39, 0.29) is 41.7 Å². The number of ketones is 2. The zero-order valence-corrected chi connectivity index (χ0v) is 22.2. The molecule has 0 saturated heterocycles. The molecular formula is C27H34ClN3O6. The number of carbonyl (C=O) groups excluding carboxylic acids is 3. The maximum Gasteiger partial charge on any atom is 0.340 e. The lowest BCUT2D eigenvalue weighted by atomic mass is 9.85. The largest absolute Gasteiger partial charge is 0.497 e. The number of nitrogens with zero attached hydrogens (tertiary/aromatic N) is 2. The fourth-order valence-electron chi connectivity index (χ4n) is 4.13. The molecule has 0 bridgehead atoms. The Bertz CT molecular complexity index is 1030. The standard InChI is InChI=1S/C17H16O4.C10H18ClN3O2/c1-4-13(11-5-7-12(20-2)8-6-11)14-9-16(19)17(21-3)10-15(14)18;1-8-2-4-9(5-3-8)12-10(15)14(13-16)7-6-11/h4-10,13H,1H2,2-3H3;8-9H,2-7H2,1H3,(H,12,15). The fraction of sp³-hybridized carbons (Fsp3) is 0.444. The number of hydrogen-bond donors (Lipinski definition) is 1. The number of ether oxygens (including phenoxy) is 2. The molecule has 2 amide bonds. The number of alkyl halides is 1. The van der Waals surface area contributed by atoms with E-state index in [1.54, 1.807) is 25.3 Å². The summed E-state index contributed by atoms with van der Waals surface area (Å²) in [5.41, 5.74) is 1.26. The quantitative estimate of drug-likeness (QED) is 0.156. The van der Waals surface area contributed by atoms with E-state index in [4.69, 9.17) is 21.1 Å². The van der Waals surface area contributed by atoms with E-state index in [9.17, 15) is 19.3 Å². The number of urea groups is 1. The summed E-state index contributed by atoms with van der Waals surface area (Å²) < 4.78 is 9.98. The Morgan fingerprint density at radius 1 is 1.14 bits per heavy atom. The molecule has 0 radical (unpaired) electrons. The molecule has 37 heavy (non-hydrogen) atoms. The van der Waals surface area contributed by atoms with E-state index in [0.717, 1.165) is 47.9 Å². The topological polar surface area (TPSA) is 114 Å². The summed E-state index contributed by atoms with van der Waals surface area (Å²) in [7, 11) is 2.95. The van der Waals surface area contributed by atoms with Gasteiger partial charge in [-0.15, -0.1) is 23.1 Å². The molecule has 3 rings (SSSR count). The van der Waals surface area contributed by atoms with Crippen molar-refractivity contribution in [1.82, 2.24) is 10.3 Å². The molecule has 2 aliphatic rings. The maximum atomic E-state index is 12.2. The molecule has 1 fully saturated rings. The molecule has 2 aliphatic carbocycles. The van der Waals surface area contributed by atoms with Crippen molar-refractivity contribution < 1.29 is 23.9 Å². The normalized spacial score (nSPS) is 19.8. The molecule has 1 unspecified atom stereocenters. The number of nitroso groups, excluding NO2 is 1. The summed E-state index contributed by atoms with van der Waals surface area (Å²) in [6.07, 6.45) is 8.37. The highest BCUT2D eigenvalue weighted by Crippen LogP contribution is 2.30. The summed E-state index contributed by atoms with van der Waals surface area (Å²) in [5.74, 6) is 0.823. The minimum Gasteiger partial charge on any atom is -0.497 e. The van der Waals surface area contributed by atoms with E-state index in [0.29, 0.717) is 5.57 Å². The molecule has 1 atom stereocenters. The first-order valence-corrected chi connectivity index (χ1v) is 12.6. The van der Waals surface area contributed by atoms with Gasteiger partial charge in [-0.25, -0.2) is 4.79 Å². The Morgan fingerprint density at radius 2 is 1.78 bits per heavy atom. The van der Waals surface area contributed by atoms with Crippen LogP contribution in [0.1, 0.15) is 44.1 Å². The molecule has 10 heteroatoms. The molecule has 1 N–H and O–H groups in total. The van der Waals surface area contributed by atoms with Crippen molar-refractivity contribution in [3.05, 3.63) is 70.9 Å². The van der Waals surface area contributed by atoms with E-state index in [1.165, 1.54) is 19.3 Å². The van der Waals surface area contributed by atoms with Crippen LogP contribution in [0.15, 0.2) is 65.7 Å². The summed E-state index contributed by atoms with van der Waals surface area (Å²) in [5, 5.41) is 6.29. The van der Waals surface area contributed by atoms with Crippen molar-refractivity contribution in [2.24, 2.45) is 11.2 Å². The number of rotatable bonds is 9. The van der Waals surface area contributed by atoms with E-state index < -0.39 is 6.03 Å². The van der Waals surface area contributed by atoms with Crippen molar-refractivity contribution in [2.75, 3.05) is 26.6 Å². The van der Waals surface area contributed by atoms with Crippen LogP contribution in [0.2, 0.25) is 0 Å². The van der Waals surface area contributed by atoms with Crippen molar-refractivity contribution in [3.63, 3.8) is 0 Å². The van der Waals surface area contributed by atoms with Gasteiger partial charge in [-0.2, -0.15) is 5.01 Å². The summed E-state index contributed by atoms with van der Waals surface area (Å²) >= 11 is 5.46. The van der Waals surface area contributed by atoms with Crippen molar-refractivity contribution in [3.8, 4) is 5.75 Å². The fourth-order valence-corrected chi connectivity index (χ4v) is 4.29. The van der Waals surface area contributed by atoms with E-state index >= 15 is 0 Å². The molecule has 1 aromatic carbocycles. The van der Waals surface area contributed by atoms with Crippen LogP contribution in [0.4, 0.5) is 4.79 Å². The molecule has 9 nitrogen and oxygen atoms in total. The molecular weight excluding hydrogens is 498 g/mol. The first kappa shape index (κ1) is 29.8. The monoisotopic (exact) mass is 531 g/mol. The van der Waals surface area contributed by atoms with Gasteiger partial charge in [0.25, 0.3) is 0 Å². The molecule has 0 aromatic heterocycles. The van der Waals surface area contributed by atoms with Crippen molar-refractivity contribution in [1.29, 1.82) is 0 Å². The van der Waals surface area contributed by atoms with Crippen LogP contribution >= 0.6 is 11.6 Å². The summed E-state index contributed by atoms with van der Waals surface area (Å²) in [6, 6.07) is 7.03. The van der Waals surface area contributed by atoms with Gasteiger partial charge in [0.15, 0.2) is 11.5 Å².